The van der Waals surface area contributed by atoms with Crippen molar-refractivity contribution < 1.29 is 18.7 Å². The van der Waals surface area contributed by atoms with Gasteiger partial charge in [0.05, 0.1) is 17.8 Å². The van der Waals surface area contributed by atoms with Crippen LogP contribution in [0.2, 0.25) is 0 Å². The number of rotatable bonds is 5. The van der Waals surface area contributed by atoms with Gasteiger partial charge in [-0.2, -0.15) is 0 Å². The number of benzene rings is 1. The van der Waals surface area contributed by atoms with Crippen LogP contribution in [0, 0.1) is 0 Å². The first kappa shape index (κ1) is 13.8. The predicted octanol–water partition coefficient (Wildman–Crippen LogP) is 2.81. The molecule has 6 heteroatoms. The van der Waals surface area contributed by atoms with Gasteiger partial charge >= 0.3 is 5.97 Å². The highest BCUT2D eigenvalue weighted by Gasteiger charge is 2.19. The Labute approximate surface area is 102 Å². The highest BCUT2D eigenvalue weighted by Crippen LogP contribution is 2.29. The molecule has 0 saturated heterocycles. The number of aromatic carboxylic acids is 1. The Morgan fingerprint density at radius 1 is 1.53 bits per heavy atom. The number of halogens is 2. The van der Waals surface area contributed by atoms with Crippen LogP contribution in [0.5, 0.6) is 0 Å². The lowest BCUT2D eigenvalue weighted by molar-refractivity contribution is 0.0693. The number of hydrogen-bond donors (Lipinski definition) is 1. The van der Waals surface area contributed by atoms with Crippen LogP contribution in [0.15, 0.2) is 23.1 Å². The van der Waals surface area contributed by atoms with E-state index in [1.54, 1.807) is 18.4 Å². The lowest BCUT2D eigenvalue weighted by atomic mass is 10.1. The van der Waals surface area contributed by atoms with Crippen molar-refractivity contribution in [2.24, 2.45) is 0 Å². The number of carboxylic acid groups (broad SMARTS) is 1. The molecule has 0 fully saturated rings. The van der Waals surface area contributed by atoms with E-state index >= 15 is 0 Å². The Morgan fingerprint density at radius 3 is 2.65 bits per heavy atom. The van der Waals surface area contributed by atoms with Crippen LogP contribution in [0.4, 0.5) is 14.5 Å². The van der Waals surface area contributed by atoms with Gasteiger partial charge in [-0.3, -0.25) is 0 Å². The van der Waals surface area contributed by atoms with Crippen LogP contribution in [0.25, 0.3) is 0 Å². The van der Waals surface area contributed by atoms with Crippen molar-refractivity contribution in [1.82, 2.24) is 0 Å². The third kappa shape index (κ3) is 3.33. The maximum Gasteiger partial charge on any atom is 0.338 e. The number of carbonyl (C=O) groups is 1. The molecule has 0 amide bonds. The van der Waals surface area contributed by atoms with Crippen LogP contribution in [0.1, 0.15) is 10.4 Å². The summed E-state index contributed by atoms with van der Waals surface area (Å²) in [4.78, 5) is 13.0. The van der Waals surface area contributed by atoms with Crippen LogP contribution in [0.3, 0.4) is 0 Å². The minimum absolute atomic E-state index is 0.0724. The molecule has 0 radical (unpaired) electrons. The molecule has 1 aromatic rings. The van der Waals surface area contributed by atoms with Crippen molar-refractivity contribution in [3.05, 3.63) is 23.8 Å². The zero-order valence-corrected chi connectivity index (χ0v) is 10.3. The maximum absolute atomic E-state index is 12.3. The molecule has 0 aliphatic rings. The van der Waals surface area contributed by atoms with E-state index in [9.17, 15) is 13.6 Å². The molecule has 0 bridgehead atoms. The van der Waals surface area contributed by atoms with Crippen LogP contribution < -0.4 is 4.90 Å². The Bertz CT molecular complexity index is 412. The predicted molar refractivity (Wildman–Crippen MR) is 64.5 cm³/mol. The minimum atomic E-state index is -2.50. The smallest absolute Gasteiger partial charge is 0.338 e. The van der Waals surface area contributed by atoms with Crippen molar-refractivity contribution in [2.75, 3.05) is 24.7 Å². The van der Waals surface area contributed by atoms with E-state index in [1.165, 1.54) is 29.8 Å². The molecule has 0 aliphatic carbocycles. The van der Waals surface area contributed by atoms with Gasteiger partial charge in [0.15, 0.2) is 0 Å². The van der Waals surface area contributed by atoms with Crippen LogP contribution in [-0.4, -0.2) is 37.3 Å². The molecule has 0 atom stereocenters. The number of hydrogen-bond acceptors (Lipinski definition) is 3. The topological polar surface area (TPSA) is 40.5 Å². The van der Waals surface area contributed by atoms with Crippen LogP contribution in [-0.2, 0) is 0 Å². The first-order chi connectivity index (χ1) is 7.97. The second-order valence-electron chi connectivity index (χ2n) is 3.43. The van der Waals surface area contributed by atoms with Gasteiger partial charge in [0.2, 0.25) is 0 Å². The van der Waals surface area contributed by atoms with E-state index in [1.807, 2.05) is 0 Å². The molecule has 0 spiro atoms. The average Bonchev–Trinajstić information content (AvgIpc) is 2.26. The second-order valence-corrected chi connectivity index (χ2v) is 4.28. The summed E-state index contributed by atoms with van der Waals surface area (Å²) < 4.78 is 24.6. The van der Waals surface area contributed by atoms with E-state index in [0.717, 1.165) is 0 Å². The molecule has 1 N–H and O–H groups in total. The second kappa shape index (κ2) is 5.86. The largest absolute Gasteiger partial charge is 0.478 e. The van der Waals surface area contributed by atoms with Crippen molar-refractivity contribution in [3.8, 4) is 0 Å². The molecule has 3 nitrogen and oxygen atoms in total. The van der Waals surface area contributed by atoms with E-state index in [2.05, 4.69) is 0 Å². The average molecular weight is 261 g/mol. The van der Waals surface area contributed by atoms with E-state index in [0.29, 0.717) is 10.6 Å². The molecule has 0 saturated carbocycles. The number of alkyl halides is 2. The molecule has 0 heterocycles. The molecular formula is C11H13F2NO2S. The zero-order chi connectivity index (χ0) is 13.0. The first-order valence-corrected chi connectivity index (χ1v) is 6.09. The lowest BCUT2D eigenvalue weighted by Crippen LogP contribution is -2.26. The summed E-state index contributed by atoms with van der Waals surface area (Å²) in [5, 5.41) is 9.13. The molecule has 0 aromatic heterocycles. The number of nitrogens with zero attached hydrogens (tertiary/aromatic N) is 1. The first-order valence-electron chi connectivity index (χ1n) is 4.87. The van der Waals surface area contributed by atoms with Gasteiger partial charge in [-0.25, -0.2) is 13.6 Å². The standard InChI is InChI=1S/C11H13F2NO2S/c1-14(6-9(12)13)7-4-3-5-8(17-2)10(7)11(15)16/h3-5,9H,6H2,1-2H3,(H,15,16). The van der Waals surface area contributed by atoms with E-state index < -0.39 is 18.9 Å². The Hall–Kier alpha value is -1.30. The van der Waals surface area contributed by atoms with Gasteiger partial charge in [-0.15, -0.1) is 11.8 Å². The third-order valence-electron chi connectivity index (χ3n) is 2.26. The lowest BCUT2D eigenvalue weighted by Gasteiger charge is -2.21. The highest BCUT2D eigenvalue weighted by molar-refractivity contribution is 7.98. The van der Waals surface area contributed by atoms with Crippen molar-refractivity contribution in [2.45, 2.75) is 11.3 Å². The summed E-state index contributed by atoms with van der Waals surface area (Å²) in [6.45, 7) is -0.488. The summed E-state index contributed by atoms with van der Waals surface area (Å²) in [6, 6.07) is 4.86. The Kier molecular flexibility index (Phi) is 4.74. The Balaban J connectivity index is 3.18. The van der Waals surface area contributed by atoms with E-state index in [4.69, 9.17) is 5.11 Å². The SMILES string of the molecule is CSc1cccc(N(C)CC(F)F)c1C(=O)O. The van der Waals surface area contributed by atoms with Gasteiger partial charge < -0.3 is 10.0 Å². The fourth-order valence-electron chi connectivity index (χ4n) is 1.53. The molecule has 0 unspecified atom stereocenters. The monoisotopic (exact) mass is 261 g/mol. The summed E-state index contributed by atoms with van der Waals surface area (Å²) >= 11 is 1.28. The molecule has 17 heavy (non-hydrogen) atoms. The van der Waals surface area contributed by atoms with E-state index in [-0.39, 0.29) is 5.56 Å². The molecule has 1 aromatic carbocycles. The molecule has 0 aliphatic heterocycles. The van der Waals surface area contributed by atoms with Gasteiger partial charge in [0.1, 0.15) is 0 Å². The zero-order valence-electron chi connectivity index (χ0n) is 9.48. The summed E-state index contributed by atoms with van der Waals surface area (Å²) in [5.41, 5.74) is 0.382. The highest BCUT2D eigenvalue weighted by atomic mass is 32.2. The fraction of sp³-hybridized carbons (Fsp3) is 0.364. The van der Waals surface area contributed by atoms with Gasteiger partial charge in [-0.05, 0) is 18.4 Å². The van der Waals surface area contributed by atoms with Gasteiger partial charge in [0, 0.05) is 11.9 Å². The fourth-order valence-corrected chi connectivity index (χ4v) is 2.14. The summed E-state index contributed by atoms with van der Waals surface area (Å²) in [7, 11) is 1.46. The molecule has 1 rings (SSSR count). The van der Waals surface area contributed by atoms with Crippen molar-refractivity contribution >= 4 is 23.4 Å². The van der Waals surface area contributed by atoms with Crippen LogP contribution >= 0.6 is 11.8 Å². The maximum atomic E-state index is 12.3. The minimum Gasteiger partial charge on any atom is -0.478 e. The normalized spacial score (nSPS) is 10.6. The van der Waals surface area contributed by atoms with Crippen molar-refractivity contribution in [3.63, 3.8) is 0 Å². The summed E-state index contributed by atoms with van der Waals surface area (Å²) in [6.07, 6.45) is -0.752. The number of thioether (sulfide) groups is 1. The number of anilines is 1. The van der Waals surface area contributed by atoms with Crippen molar-refractivity contribution in [1.29, 1.82) is 0 Å². The molecule has 94 valence electrons. The van der Waals surface area contributed by atoms with Gasteiger partial charge in [0.25, 0.3) is 6.43 Å². The molecular weight excluding hydrogens is 248 g/mol. The van der Waals surface area contributed by atoms with Gasteiger partial charge in [-0.1, -0.05) is 6.07 Å². The Morgan fingerprint density at radius 2 is 2.18 bits per heavy atom. The third-order valence-corrected chi connectivity index (χ3v) is 3.04. The number of carboxylic acids is 1. The summed E-state index contributed by atoms with van der Waals surface area (Å²) in [5.74, 6) is -1.11. The quantitative estimate of drug-likeness (QED) is 0.827.